The van der Waals surface area contributed by atoms with Gasteiger partial charge in [-0.05, 0) is 17.7 Å². The van der Waals surface area contributed by atoms with Crippen LogP contribution in [-0.4, -0.2) is 26.4 Å². The van der Waals surface area contributed by atoms with Crippen molar-refractivity contribution < 1.29 is 19.3 Å². The van der Waals surface area contributed by atoms with Gasteiger partial charge in [-0.15, -0.1) is 0 Å². The molecule has 0 aromatic heterocycles. The highest BCUT2D eigenvalue weighted by Crippen LogP contribution is 2.38. The first-order valence-corrected chi connectivity index (χ1v) is 4.16. The van der Waals surface area contributed by atoms with Crippen molar-refractivity contribution in [2.24, 2.45) is 0 Å². The molecule has 0 spiro atoms. The van der Waals surface area contributed by atoms with Crippen LogP contribution in [0.15, 0.2) is 12.1 Å². The molecule has 0 unspecified atom stereocenters. The van der Waals surface area contributed by atoms with Crippen LogP contribution in [0.2, 0.25) is 0 Å². The van der Waals surface area contributed by atoms with Crippen LogP contribution in [0.5, 0.6) is 17.2 Å². The number of benzene rings is 1. The van der Waals surface area contributed by atoms with Crippen molar-refractivity contribution in [2.45, 2.75) is 6.61 Å². The predicted octanol–water partition coefficient (Wildman–Crippen LogP) is 1.20. The minimum absolute atomic E-state index is 0.0588. The zero-order chi connectivity index (χ0) is 10.6. The summed E-state index contributed by atoms with van der Waals surface area (Å²) in [6, 6.07) is 3.42. The molecule has 0 aliphatic heterocycles. The highest BCUT2D eigenvalue weighted by molar-refractivity contribution is 5.53. The van der Waals surface area contributed by atoms with Crippen molar-refractivity contribution in [1.29, 1.82) is 0 Å². The Kier molecular flexibility index (Phi) is 3.59. The lowest BCUT2D eigenvalue weighted by Gasteiger charge is -2.13. The van der Waals surface area contributed by atoms with E-state index in [1.807, 2.05) is 0 Å². The van der Waals surface area contributed by atoms with Crippen LogP contribution in [0.25, 0.3) is 0 Å². The van der Waals surface area contributed by atoms with Crippen LogP contribution >= 0.6 is 0 Å². The van der Waals surface area contributed by atoms with Crippen LogP contribution in [0.3, 0.4) is 0 Å². The minimum atomic E-state index is -0.0588. The highest BCUT2D eigenvalue weighted by atomic mass is 16.6. The molecule has 1 aromatic rings. The van der Waals surface area contributed by atoms with E-state index in [0.717, 1.165) is 5.56 Å². The third-order valence-electron chi connectivity index (χ3n) is 1.91. The number of ether oxygens (including phenoxy) is 3. The maximum absolute atomic E-state index is 8.99. The van der Waals surface area contributed by atoms with E-state index in [1.165, 1.54) is 0 Å². The van der Waals surface area contributed by atoms with Crippen molar-refractivity contribution in [3.8, 4) is 17.2 Å². The average Bonchev–Trinajstić information content (AvgIpc) is 2.26. The Bertz CT molecular complexity index is 284. The number of hydrogen-bond donors (Lipinski definition) is 1. The van der Waals surface area contributed by atoms with Gasteiger partial charge in [0.1, 0.15) is 0 Å². The molecule has 0 bridgehead atoms. The molecule has 0 amide bonds. The van der Waals surface area contributed by atoms with E-state index in [1.54, 1.807) is 33.5 Å². The quantitative estimate of drug-likeness (QED) is 0.744. The molecule has 0 atom stereocenters. The third kappa shape index (κ3) is 1.90. The Labute approximate surface area is 83.0 Å². The van der Waals surface area contributed by atoms with Gasteiger partial charge in [-0.25, -0.2) is 0 Å². The van der Waals surface area contributed by atoms with Crippen molar-refractivity contribution in [2.75, 3.05) is 21.3 Å². The molecule has 0 aliphatic carbocycles. The van der Waals surface area contributed by atoms with Gasteiger partial charge in [-0.3, -0.25) is 0 Å². The first-order chi connectivity index (χ1) is 6.76. The van der Waals surface area contributed by atoms with Crippen molar-refractivity contribution in [1.82, 2.24) is 0 Å². The molecule has 4 nitrogen and oxygen atoms in total. The predicted molar refractivity (Wildman–Crippen MR) is 52.0 cm³/mol. The summed E-state index contributed by atoms with van der Waals surface area (Å²) in [6.07, 6.45) is 0. The van der Waals surface area contributed by atoms with Crippen molar-refractivity contribution in [3.05, 3.63) is 17.7 Å². The van der Waals surface area contributed by atoms with E-state index < -0.39 is 0 Å². The summed E-state index contributed by atoms with van der Waals surface area (Å²) in [5.41, 5.74) is 0.722. The molecule has 0 heterocycles. The largest absolute Gasteiger partial charge is 0.493 e. The van der Waals surface area contributed by atoms with Crippen LogP contribution in [0.4, 0.5) is 0 Å². The van der Waals surface area contributed by atoms with E-state index in [9.17, 15) is 0 Å². The van der Waals surface area contributed by atoms with Gasteiger partial charge >= 0.3 is 0 Å². The highest BCUT2D eigenvalue weighted by Gasteiger charge is 2.12. The molecular weight excluding hydrogens is 187 g/mol. The topological polar surface area (TPSA) is 47.9 Å². The molecule has 14 heavy (non-hydrogen) atoms. The molecule has 4 heteroatoms. The number of hydrogen-bond acceptors (Lipinski definition) is 4. The molecule has 0 radical (unpaired) electrons. The SMILES string of the molecule is [13CH3]Oc1cc(CO)cc(O[13CH3])c1O[13CH3]. The van der Waals surface area contributed by atoms with Crippen molar-refractivity contribution in [3.63, 3.8) is 0 Å². The Balaban J connectivity index is 3.24. The lowest BCUT2D eigenvalue weighted by Crippen LogP contribution is -1.96. The average molecular weight is 201 g/mol. The molecule has 0 saturated heterocycles. The van der Waals surface area contributed by atoms with E-state index in [4.69, 9.17) is 19.3 Å². The van der Waals surface area contributed by atoms with Crippen LogP contribution in [0.1, 0.15) is 5.56 Å². The standard InChI is InChI=1S/C10H14O4/c1-12-8-4-7(6-11)5-9(13-2)10(8)14-3/h4-5,11H,6H2,1-3H3/i1+1,2+1,3+1. The Morgan fingerprint density at radius 1 is 1.00 bits per heavy atom. The van der Waals surface area contributed by atoms with Gasteiger partial charge in [0.25, 0.3) is 0 Å². The maximum atomic E-state index is 8.99. The fourth-order valence-electron chi connectivity index (χ4n) is 1.23. The number of aliphatic hydroxyl groups is 1. The molecule has 0 aliphatic rings. The summed E-state index contributed by atoms with van der Waals surface area (Å²) in [7, 11) is 4.62. The first-order valence-electron chi connectivity index (χ1n) is 4.16. The van der Waals surface area contributed by atoms with Gasteiger partial charge in [0.2, 0.25) is 5.75 Å². The van der Waals surface area contributed by atoms with E-state index in [-0.39, 0.29) is 6.61 Å². The van der Waals surface area contributed by atoms with E-state index in [2.05, 4.69) is 0 Å². The van der Waals surface area contributed by atoms with E-state index in [0.29, 0.717) is 17.2 Å². The summed E-state index contributed by atoms with van der Waals surface area (Å²) in [5.74, 6) is 1.64. The molecule has 0 fully saturated rings. The van der Waals surface area contributed by atoms with Gasteiger partial charge in [0.05, 0.1) is 27.9 Å². The number of methoxy groups -OCH3 is 3. The molecule has 1 N–H and O–H groups in total. The number of rotatable bonds is 4. The Hall–Kier alpha value is -1.42. The van der Waals surface area contributed by atoms with E-state index >= 15 is 0 Å². The van der Waals surface area contributed by atoms with Crippen molar-refractivity contribution >= 4 is 0 Å². The summed E-state index contributed by atoms with van der Waals surface area (Å²) in [6.45, 7) is -0.0588. The van der Waals surface area contributed by atoms with Gasteiger partial charge in [-0.1, -0.05) is 0 Å². The number of aliphatic hydroxyl groups excluding tert-OH is 1. The molecule has 0 saturated carbocycles. The van der Waals surface area contributed by atoms with Crippen LogP contribution in [-0.2, 0) is 6.61 Å². The second kappa shape index (κ2) is 4.72. The van der Waals surface area contributed by atoms with Crippen LogP contribution in [0, 0.1) is 0 Å². The maximum Gasteiger partial charge on any atom is 0.203 e. The fraction of sp³-hybridized carbons (Fsp3) is 0.400. The molecule has 78 valence electrons. The zero-order valence-electron chi connectivity index (χ0n) is 8.53. The Morgan fingerprint density at radius 3 is 1.79 bits per heavy atom. The summed E-state index contributed by atoms with van der Waals surface area (Å²) >= 11 is 0. The normalized spacial score (nSPS) is 9.71. The molecular formula is C10H14O4. The monoisotopic (exact) mass is 201 g/mol. The summed E-state index contributed by atoms with van der Waals surface area (Å²) in [4.78, 5) is 0. The zero-order valence-corrected chi connectivity index (χ0v) is 8.53. The third-order valence-corrected chi connectivity index (χ3v) is 1.91. The Morgan fingerprint density at radius 2 is 1.50 bits per heavy atom. The lowest BCUT2D eigenvalue weighted by atomic mass is 10.2. The molecule has 1 rings (SSSR count). The minimum Gasteiger partial charge on any atom is -0.493 e. The van der Waals surface area contributed by atoms with Gasteiger partial charge in [0.15, 0.2) is 11.5 Å². The first kappa shape index (κ1) is 10.7. The second-order valence-electron chi connectivity index (χ2n) is 2.69. The van der Waals surface area contributed by atoms with Crippen LogP contribution < -0.4 is 14.2 Å². The second-order valence-corrected chi connectivity index (χ2v) is 2.69. The lowest BCUT2D eigenvalue weighted by molar-refractivity contribution is 0.277. The van der Waals surface area contributed by atoms with Gasteiger partial charge in [-0.2, -0.15) is 0 Å². The summed E-state index contributed by atoms with van der Waals surface area (Å²) < 4.78 is 15.3. The summed E-state index contributed by atoms with van der Waals surface area (Å²) in [5, 5.41) is 8.99. The smallest absolute Gasteiger partial charge is 0.203 e. The van der Waals surface area contributed by atoms with Gasteiger partial charge in [0, 0.05) is 0 Å². The fourth-order valence-corrected chi connectivity index (χ4v) is 1.23. The van der Waals surface area contributed by atoms with Gasteiger partial charge < -0.3 is 19.3 Å². The molecule has 1 aromatic carbocycles.